The Morgan fingerprint density at radius 1 is 1.31 bits per heavy atom. The maximum atomic E-state index is 6.09. The molecule has 0 heterocycles. The lowest BCUT2D eigenvalue weighted by molar-refractivity contribution is 0.379. The number of benzene rings is 1. The molecule has 0 amide bonds. The molecular weight excluding hydrogens is 243 g/mol. The Labute approximate surface area is 107 Å². The van der Waals surface area contributed by atoms with Crippen molar-refractivity contribution in [3.8, 4) is 0 Å². The van der Waals surface area contributed by atoms with E-state index in [1.807, 2.05) is 26.2 Å². The van der Waals surface area contributed by atoms with Gasteiger partial charge in [-0.1, -0.05) is 29.3 Å². The number of nitrogens with zero attached hydrogens (tertiary/aromatic N) is 1. The van der Waals surface area contributed by atoms with E-state index in [0.717, 1.165) is 24.9 Å². The topological polar surface area (TPSA) is 29.3 Å². The summed E-state index contributed by atoms with van der Waals surface area (Å²) in [6.07, 6.45) is 1.76. The van der Waals surface area contributed by atoms with Crippen molar-refractivity contribution in [3.63, 3.8) is 0 Å². The van der Waals surface area contributed by atoms with Crippen molar-refractivity contribution in [1.82, 2.24) is 4.90 Å². The van der Waals surface area contributed by atoms with E-state index in [1.165, 1.54) is 0 Å². The van der Waals surface area contributed by atoms with Crippen LogP contribution in [0.1, 0.15) is 12.0 Å². The molecule has 1 aromatic rings. The van der Waals surface area contributed by atoms with Gasteiger partial charge in [0.15, 0.2) is 0 Å². The summed E-state index contributed by atoms with van der Waals surface area (Å²) in [5.74, 6) is 0. The lowest BCUT2D eigenvalue weighted by Crippen LogP contribution is -2.28. The van der Waals surface area contributed by atoms with E-state index in [2.05, 4.69) is 4.90 Å². The third-order valence-corrected chi connectivity index (χ3v) is 3.03. The van der Waals surface area contributed by atoms with Crippen LogP contribution >= 0.6 is 23.2 Å². The van der Waals surface area contributed by atoms with Gasteiger partial charge in [-0.05, 0) is 51.2 Å². The van der Waals surface area contributed by atoms with E-state index in [9.17, 15) is 0 Å². The molecule has 0 aliphatic carbocycles. The molecule has 0 aliphatic rings. The van der Waals surface area contributed by atoms with Crippen molar-refractivity contribution in [2.24, 2.45) is 5.73 Å². The molecule has 2 N–H and O–H groups in total. The second-order valence-electron chi connectivity index (χ2n) is 4.29. The van der Waals surface area contributed by atoms with E-state index in [-0.39, 0.29) is 6.04 Å². The highest BCUT2D eigenvalue weighted by molar-refractivity contribution is 6.35. The Hall–Kier alpha value is -0.280. The van der Waals surface area contributed by atoms with Crippen molar-refractivity contribution in [2.45, 2.75) is 18.9 Å². The van der Waals surface area contributed by atoms with Crippen LogP contribution in [-0.4, -0.2) is 31.6 Å². The Morgan fingerprint density at radius 3 is 2.56 bits per heavy atom. The Bertz CT molecular complexity index is 340. The zero-order valence-corrected chi connectivity index (χ0v) is 11.2. The monoisotopic (exact) mass is 260 g/mol. The third kappa shape index (κ3) is 4.71. The summed E-state index contributed by atoms with van der Waals surface area (Å²) < 4.78 is 0. The highest BCUT2D eigenvalue weighted by atomic mass is 35.5. The van der Waals surface area contributed by atoms with Crippen LogP contribution in [0.5, 0.6) is 0 Å². The second-order valence-corrected chi connectivity index (χ2v) is 5.14. The minimum absolute atomic E-state index is 0.140. The first-order valence-electron chi connectivity index (χ1n) is 5.33. The summed E-state index contributed by atoms with van der Waals surface area (Å²) >= 11 is 11.9. The average molecular weight is 261 g/mol. The van der Waals surface area contributed by atoms with Crippen molar-refractivity contribution in [2.75, 3.05) is 20.6 Å². The Kier molecular flexibility index (Phi) is 5.56. The van der Waals surface area contributed by atoms with E-state index >= 15 is 0 Å². The lowest BCUT2D eigenvalue weighted by Gasteiger charge is -2.15. The van der Waals surface area contributed by atoms with E-state index < -0.39 is 0 Å². The number of halogens is 2. The van der Waals surface area contributed by atoms with Gasteiger partial charge in [-0.3, -0.25) is 0 Å². The van der Waals surface area contributed by atoms with Crippen LogP contribution < -0.4 is 5.73 Å². The molecule has 1 unspecified atom stereocenters. The summed E-state index contributed by atoms with van der Waals surface area (Å²) in [5.41, 5.74) is 7.11. The summed E-state index contributed by atoms with van der Waals surface area (Å²) in [6.45, 7) is 0.992. The van der Waals surface area contributed by atoms with Gasteiger partial charge < -0.3 is 10.6 Å². The second kappa shape index (κ2) is 6.45. The maximum Gasteiger partial charge on any atom is 0.0453 e. The fourth-order valence-electron chi connectivity index (χ4n) is 1.50. The van der Waals surface area contributed by atoms with Crippen LogP contribution in [0.15, 0.2) is 18.2 Å². The lowest BCUT2D eigenvalue weighted by atomic mass is 10.0. The molecule has 0 aromatic heterocycles. The molecule has 0 saturated carbocycles. The molecule has 0 aliphatic heterocycles. The van der Waals surface area contributed by atoms with Gasteiger partial charge in [-0.25, -0.2) is 0 Å². The highest BCUT2D eigenvalue weighted by Crippen LogP contribution is 2.22. The molecule has 1 atom stereocenters. The molecule has 0 bridgehead atoms. The van der Waals surface area contributed by atoms with Crippen LogP contribution in [-0.2, 0) is 6.42 Å². The fraction of sp³-hybridized carbons (Fsp3) is 0.500. The number of nitrogens with two attached hydrogens (primary N) is 1. The van der Waals surface area contributed by atoms with Crippen LogP contribution in [0.2, 0.25) is 10.0 Å². The molecule has 0 fully saturated rings. The SMILES string of the molecule is CN(C)CCC(N)Cc1ccc(Cl)cc1Cl. The van der Waals surface area contributed by atoms with Crippen molar-refractivity contribution >= 4 is 23.2 Å². The molecule has 0 radical (unpaired) electrons. The van der Waals surface area contributed by atoms with Crippen LogP contribution in [0.4, 0.5) is 0 Å². The Balaban J connectivity index is 2.52. The largest absolute Gasteiger partial charge is 0.327 e. The van der Waals surface area contributed by atoms with Gasteiger partial charge in [0.05, 0.1) is 0 Å². The minimum Gasteiger partial charge on any atom is -0.327 e. The van der Waals surface area contributed by atoms with Gasteiger partial charge in [0.25, 0.3) is 0 Å². The molecule has 4 heteroatoms. The molecule has 2 nitrogen and oxygen atoms in total. The smallest absolute Gasteiger partial charge is 0.0453 e. The van der Waals surface area contributed by atoms with Gasteiger partial charge in [-0.15, -0.1) is 0 Å². The normalized spacial score (nSPS) is 13.1. The predicted octanol–water partition coefficient (Wildman–Crippen LogP) is 2.81. The van der Waals surface area contributed by atoms with Crippen molar-refractivity contribution in [1.29, 1.82) is 0 Å². The van der Waals surface area contributed by atoms with Gasteiger partial charge >= 0.3 is 0 Å². The minimum atomic E-state index is 0.140. The molecule has 0 spiro atoms. The molecular formula is C12H18Cl2N2. The molecule has 0 saturated heterocycles. The summed E-state index contributed by atoms with van der Waals surface area (Å²) in [6, 6.07) is 5.69. The highest BCUT2D eigenvalue weighted by Gasteiger charge is 2.08. The first-order valence-corrected chi connectivity index (χ1v) is 6.09. The number of hydrogen-bond donors (Lipinski definition) is 1. The van der Waals surface area contributed by atoms with Gasteiger partial charge in [0, 0.05) is 16.1 Å². The van der Waals surface area contributed by atoms with E-state index in [1.54, 1.807) is 6.07 Å². The third-order valence-electron chi connectivity index (χ3n) is 2.44. The fourth-order valence-corrected chi connectivity index (χ4v) is 1.98. The van der Waals surface area contributed by atoms with Crippen LogP contribution in [0.3, 0.4) is 0 Å². The predicted molar refractivity (Wildman–Crippen MR) is 71.3 cm³/mol. The molecule has 90 valence electrons. The van der Waals surface area contributed by atoms with Gasteiger partial charge in [0.1, 0.15) is 0 Å². The number of rotatable bonds is 5. The van der Waals surface area contributed by atoms with Crippen molar-refractivity contribution in [3.05, 3.63) is 33.8 Å². The van der Waals surface area contributed by atoms with Crippen molar-refractivity contribution < 1.29 is 0 Å². The van der Waals surface area contributed by atoms with Crippen LogP contribution in [0.25, 0.3) is 0 Å². The summed E-state index contributed by atoms with van der Waals surface area (Å²) in [4.78, 5) is 2.13. The van der Waals surface area contributed by atoms with Gasteiger partial charge in [0.2, 0.25) is 0 Å². The number of hydrogen-bond acceptors (Lipinski definition) is 2. The standard InChI is InChI=1S/C12H18Cl2N2/c1-16(2)6-5-11(15)7-9-3-4-10(13)8-12(9)14/h3-4,8,11H,5-7,15H2,1-2H3. The van der Waals surface area contributed by atoms with Crippen LogP contribution in [0, 0.1) is 0 Å². The first kappa shape index (κ1) is 13.8. The summed E-state index contributed by atoms with van der Waals surface area (Å²) in [7, 11) is 4.09. The molecule has 1 aromatic carbocycles. The van der Waals surface area contributed by atoms with Gasteiger partial charge in [-0.2, -0.15) is 0 Å². The zero-order chi connectivity index (χ0) is 12.1. The Morgan fingerprint density at radius 2 is 2.00 bits per heavy atom. The molecule has 1 rings (SSSR count). The first-order chi connectivity index (χ1) is 7.49. The van der Waals surface area contributed by atoms with E-state index in [0.29, 0.717) is 10.0 Å². The quantitative estimate of drug-likeness (QED) is 0.883. The summed E-state index contributed by atoms with van der Waals surface area (Å²) in [5, 5.41) is 1.36. The maximum absolute atomic E-state index is 6.09. The zero-order valence-electron chi connectivity index (χ0n) is 9.71. The van der Waals surface area contributed by atoms with E-state index in [4.69, 9.17) is 28.9 Å². The average Bonchev–Trinajstić information content (AvgIpc) is 2.19. The molecule has 16 heavy (non-hydrogen) atoms.